The average molecular weight is 368 g/mol. The van der Waals surface area contributed by atoms with Crippen LogP contribution in [0.5, 0.6) is 5.75 Å². The van der Waals surface area contributed by atoms with Crippen LogP contribution in [0.15, 0.2) is 59.5 Å². The van der Waals surface area contributed by atoms with Gasteiger partial charge in [0.05, 0.1) is 17.7 Å². The van der Waals surface area contributed by atoms with E-state index in [0.717, 1.165) is 22.2 Å². The molecule has 1 saturated heterocycles. The maximum Gasteiger partial charge on any atom is 0.294 e. The van der Waals surface area contributed by atoms with E-state index >= 15 is 0 Å². The number of ether oxygens (including phenoxy) is 1. The monoisotopic (exact) mass is 368 g/mol. The highest BCUT2D eigenvalue weighted by Gasteiger charge is 2.36. The number of amides is 3. The molecule has 0 unspecified atom stereocenters. The molecule has 3 rings (SSSR count). The number of hydrogen-bond acceptors (Lipinski definition) is 5. The molecule has 0 aromatic heterocycles. The summed E-state index contributed by atoms with van der Waals surface area (Å²) in [6, 6.07) is 16.1. The van der Waals surface area contributed by atoms with Crippen molar-refractivity contribution >= 4 is 40.6 Å². The van der Waals surface area contributed by atoms with E-state index in [-0.39, 0.29) is 6.54 Å². The first kappa shape index (κ1) is 17.8. The van der Waals surface area contributed by atoms with Crippen LogP contribution in [0.25, 0.3) is 6.08 Å². The number of thioether (sulfide) groups is 1. The van der Waals surface area contributed by atoms with E-state index in [2.05, 4.69) is 5.32 Å². The molecule has 26 heavy (non-hydrogen) atoms. The van der Waals surface area contributed by atoms with E-state index < -0.39 is 17.1 Å². The Morgan fingerprint density at radius 3 is 2.54 bits per heavy atom. The first-order chi connectivity index (χ1) is 12.6. The number of carbonyl (C=O) groups is 3. The fourth-order valence-electron chi connectivity index (χ4n) is 2.42. The van der Waals surface area contributed by atoms with E-state index in [4.69, 9.17) is 4.74 Å². The molecule has 1 aliphatic rings. The fraction of sp³-hybridized carbons (Fsp3) is 0.105. The van der Waals surface area contributed by atoms with Gasteiger partial charge in [0.25, 0.3) is 11.1 Å². The largest absolute Gasteiger partial charge is 0.495 e. The number of para-hydroxylation sites is 2. The zero-order valence-corrected chi connectivity index (χ0v) is 14.8. The Morgan fingerprint density at radius 1 is 1.12 bits per heavy atom. The third kappa shape index (κ3) is 3.94. The molecule has 6 nitrogen and oxygen atoms in total. The van der Waals surface area contributed by atoms with Crippen LogP contribution in [0.4, 0.5) is 10.5 Å². The predicted octanol–water partition coefficient (Wildman–Crippen LogP) is 3.37. The summed E-state index contributed by atoms with van der Waals surface area (Å²) in [5, 5.41) is 2.19. The van der Waals surface area contributed by atoms with Crippen molar-refractivity contribution in [2.45, 2.75) is 0 Å². The van der Waals surface area contributed by atoms with Gasteiger partial charge in [0.2, 0.25) is 5.91 Å². The molecule has 0 saturated carbocycles. The van der Waals surface area contributed by atoms with Gasteiger partial charge < -0.3 is 10.1 Å². The van der Waals surface area contributed by atoms with Gasteiger partial charge in [-0.2, -0.15) is 0 Å². The summed E-state index contributed by atoms with van der Waals surface area (Å²) < 4.78 is 5.17. The van der Waals surface area contributed by atoms with Crippen LogP contribution in [-0.4, -0.2) is 35.6 Å². The Morgan fingerprint density at radius 2 is 1.81 bits per heavy atom. The van der Waals surface area contributed by atoms with Crippen molar-refractivity contribution in [2.75, 3.05) is 19.0 Å². The molecule has 0 aliphatic carbocycles. The fourth-order valence-corrected chi connectivity index (χ4v) is 3.26. The molecular formula is C19H16N2O4S. The standard InChI is InChI=1S/C19H16N2O4S/c1-25-15-10-6-5-9-14(15)20-17(22)12-21-18(23)16(26-19(21)24)11-13-7-3-2-4-8-13/h2-11H,12H2,1H3,(H,20,22)/b16-11+. The maximum atomic E-state index is 12.4. The topological polar surface area (TPSA) is 75.7 Å². The van der Waals surface area contributed by atoms with Crippen LogP contribution in [0.2, 0.25) is 0 Å². The number of rotatable bonds is 5. The zero-order chi connectivity index (χ0) is 18.5. The molecule has 132 valence electrons. The van der Waals surface area contributed by atoms with E-state index in [9.17, 15) is 14.4 Å². The Bertz CT molecular complexity index is 880. The molecule has 2 aromatic rings. The van der Waals surface area contributed by atoms with Crippen LogP contribution in [-0.2, 0) is 9.59 Å². The lowest BCUT2D eigenvalue weighted by Crippen LogP contribution is -2.36. The van der Waals surface area contributed by atoms with Gasteiger partial charge in [0.15, 0.2) is 0 Å². The van der Waals surface area contributed by atoms with Gasteiger partial charge in [-0.25, -0.2) is 0 Å². The van der Waals surface area contributed by atoms with E-state index in [0.29, 0.717) is 16.3 Å². The molecule has 3 amide bonds. The number of nitrogens with zero attached hydrogens (tertiary/aromatic N) is 1. The molecule has 0 bridgehead atoms. The number of hydrogen-bond donors (Lipinski definition) is 1. The minimum atomic E-state index is -0.474. The number of methoxy groups -OCH3 is 1. The highest BCUT2D eigenvalue weighted by Crippen LogP contribution is 2.32. The quantitative estimate of drug-likeness (QED) is 0.819. The molecule has 0 atom stereocenters. The van der Waals surface area contributed by atoms with Crippen LogP contribution < -0.4 is 10.1 Å². The smallest absolute Gasteiger partial charge is 0.294 e. The van der Waals surface area contributed by atoms with Gasteiger partial charge in [-0.05, 0) is 35.5 Å². The van der Waals surface area contributed by atoms with Crippen molar-refractivity contribution in [3.8, 4) is 5.75 Å². The Hall–Kier alpha value is -3.06. The molecule has 1 N–H and O–H groups in total. The van der Waals surface area contributed by atoms with Crippen LogP contribution in [0.3, 0.4) is 0 Å². The van der Waals surface area contributed by atoms with Crippen molar-refractivity contribution in [2.24, 2.45) is 0 Å². The van der Waals surface area contributed by atoms with Crippen molar-refractivity contribution in [1.82, 2.24) is 4.90 Å². The molecule has 1 fully saturated rings. The second-order valence-corrected chi connectivity index (χ2v) is 6.42. The van der Waals surface area contributed by atoms with E-state index in [1.54, 1.807) is 30.3 Å². The number of benzene rings is 2. The molecule has 0 radical (unpaired) electrons. The van der Waals surface area contributed by atoms with Crippen LogP contribution in [0, 0.1) is 0 Å². The Labute approximate surface area is 154 Å². The number of nitrogens with one attached hydrogen (secondary N) is 1. The summed E-state index contributed by atoms with van der Waals surface area (Å²) in [5.41, 5.74) is 1.29. The number of imide groups is 1. The van der Waals surface area contributed by atoms with Crippen molar-refractivity contribution < 1.29 is 19.1 Å². The summed E-state index contributed by atoms with van der Waals surface area (Å²) in [6.45, 7) is -0.352. The van der Waals surface area contributed by atoms with Crippen molar-refractivity contribution in [1.29, 1.82) is 0 Å². The highest BCUT2D eigenvalue weighted by atomic mass is 32.2. The van der Waals surface area contributed by atoms with Gasteiger partial charge in [-0.3, -0.25) is 19.3 Å². The summed E-state index contributed by atoms with van der Waals surface area (Å²) in [5.74, 6) is -0.448. The first-order valence-electron chi connectivity index (χ1n) is 7.82. The zero-order valence-electron chi connectivity index (χ0n) is 14.0. The summed E-state index contributed by atoms with van der Waals surface area (Å²) in [4.78, 5) is 38.0. The predicted molar refractivity (Wildman–Crippen MR) is 101 cm³/mol. The van der Waals surface area contributed by atoms with Gasteiger partial charge in [0.1, 0.15) is 12.3 Å². The maximum absolute atomic E-state index is 12.4. The second-order valence-electron chi connectivity index (χ2n) is 5.43. The number of carbonyl (C=O) groups excluding carboxylic acids is 3. The van der Waals surface area contributed by atoms with E-state index in [1.807, 2.05) is 30.3 Å². The number of anilines is 1. The molecule has 1 heterocycles. The van der Waals surface area contributed by atoms with Gasteiger partial charge >= 0.3 is 0 Å². The second kappa shape index (κ2) is 7.88. The van der Waals surface area contributed by atoms with Crippen molar-refractivity contribution in [3.05, 3.63) is 65.1 Å². The minimum Gasteiger partial charge on any atom is -0.495 e. The summed E-state index contributed by atoms with van der Waals surface area (Å²) in [7, 11) is 1.50. The lowest BCUT2D eigenvalue weighted by molar-refractivity contribution is -0.127. The molecule has 1 aliphatic heterocycles. The van der Waals surface area contributed by atoms with E-state index in [1.165, 1.54) is 7.11 Å². The van der Waals surface area contributed by atoms with Crippen LogP contribution >= 0.6 is 11.8 Å². The van der Waals surface area contributed by atoms with Crippen molar-refractivity contribution in [3.63, 3.8) is 0 Å². The Kier molecular flexibility index (Phi) is 5.38. The Balaban J connectivity index is 1.70. The third-order valence-electron chi connectivity index (χ3n) is 3.65. The van der Waals surface area contributed by atoms with Gasteiger partial charge in [-0.1, -0.05) is 42.5 Å². The highest BCUT2D eigenvalue weighted by molar-refractivity contribution is 8.18. The summed E-state index contributed by atoms with van der Waals surface area (Å²) >= 11 is 0.826. The average Bonchev–Trinajstić information content (AvgIpc) is 2.90. The van der Waals surface area contributed by atoms with Gasteiger partial charge in [-0.15, -0.1) is 0 Å². The normalized spacial score (nSPS) is 15.4. The molecular weight excluding hydrogens is 352 g/mol. The minimum absolute atomic E-state index is 0.297. The van der Waals surface area contributed by atoms with Crippen LogP contribution in [0.1, 0.15) is 5.56 Å². The SMILES string of the molecule is COc1ccccc1NC(=O)CN1C(=O)S/C(=C/c2ccccc2)C1=O. The lowest BCUT2D eigenvalue weighted by atomic mass is 10.2. The lowest BCUT2D eigenvalue weighted by Gasteiger charge is -2.14. The molecule has 7 heteroatoms. The molecule has 2 aromatic carbocycles. The molecule has 0 spiro atoms. The van der Waals surface area contributed by atoms with Gasteiger partial charge in [0, 0.05) is 0 Å². The summed E-state index contributed by atoms with van der Waals surface area (Å²) in [6.07, 6.45) is 1.64. The first-order valence-corrected chi connectivity index (χ1v) is 8.63. The third-order valence-corrected chi connectivity index (χ3v) is 4.56.